The number of hydrogen-bond acceptors (Lipinski definition) is 2. The van der Waals surface area contributed by atoms with E-state index >= 15 is 0 Å². The van der Waals surface area contributed by atoms with Crippen LogP contribution in [0.25, 0.3) is 10.8 Å². The van der Waals surface area contributed by atoms with Gasteiger partial charge in [-0.05, 0) is 66.1 Å². The molecular weight excluding hydrogens is 504 g/mol. The van der Waals surface area contributed by atoms with Crippen LogP contribution in [0.1, 0.15) is 27.0 Å². The first-order valence-electron chi connectivity index (χ1n) is 9.69. The maximum absolute atomic E-state index is 12.8. The molecule has 150 valence electrons. The van der Waals surface area contributed by atoms with Gasteiger partial charge in [-0.25, -0.2) is 0 Å². The first kappa shape index (κ1) is 20.8. The quantitative estimate of drug-likeness (QED) is 0.303. The summed E-state index contributed by atoms with van der Waals surface area (Å²) in [6.45, 7) is 2.01. The number of rotatable bonds is 5. The Morgan fingerprint density at radius 1 is 0.933 bits per heavy atom. The molecule has 0 aliphatic rings. The molecule has 0 unspecified atom stereocenters. The number of carbonyl (C=O) groups is 1. The normalized spacial score (nSPS) is 10.9. The van der Waals surface area contributed by atoms with Crippen LogP contribution in [-0.4, -0.2) is 10.9 Å². The van der Waals surface area contributed by atoms with Crippen LogP contribution in [0.2, 0.25) is 0 Å². The molecule has 4 aromatic rings. The average molecular weight is 524 g/mol. The number of halogens is 2. The summed E-state index contributed by atoms with van der Waals surface area (Å²) in [4.78, 5) is 17.1. The molecule has 0 aliphatic heterocycles. The number of nitrogens with one attached hydrogen (secondary N) is 1. The van der Waals surface area contributed by atoms with Gasteiger partial charge in [0.1, 0.15) is 0 Å². The van der Waals surface area contributed by atoms with E-state index in [9.17, 15) is 4.79 Å². The number of carbonyl (C=O) groups excluding carboxylic acids is 1. The second-order valence-corrected chi connectivity index (χ2v) is 8.95. The predicted molar refractivity (Wildman–Crippen MR) is 130 cm³/mol. The number of aromatic nitrogens is 1. The fourth-order valence-corrected chi connectivity index (χ4v) is 4.63. The minimum Gasteiger partial charge on any atom is -0.322 e. The van der Waals surface area contributed by atoms with Crippen molar-refractivity contribution >= 4 is 54.2 Å². The number of hydrogen-bond donors (Lipinski definition) is 1. The molecule has 3 aromatic carbocycles. The summed E-state index contributed by atoms with van der Waals surface area (Å²) in [5.41, 5.74) is 4.84. The van der Waals surface area contributed by atoms with E-state index in [1.165, 1.54) is 10.9 Å². The summed E-state index contributed by atoms with van der Waals surface area (Å²) in [6.07, 6.45) is 5.55. The zero-order valence-corrected chi connectivity index (χ0v) is 19.6. The lowest BCUT2D eigenvalue weighted by Crippen LogP contribution is -2.12. The Kier molecular flexibility index (Phi) is 6.30. The molecule has 0 atom stereocenters. The van der Waals surface area contributed by atoms with Crippen LogP contribution < -0.4 is 5.32 Å². The number of nitrogens with zero attached hydrogens (tertiary/aromatic N) is 1. The third kappa shape index (κ3) is 4.63. The SMILES string of the molecule is Cc1c(Br)cc(NC(=O)c2cccc(CCc3cncc4ccccc34)c2)cc1Br. The van der Waals surface area contributed by atoms with E-state index in [-0.39, 0.29) is 5.91 Å². The number of amides is 1. The molecule has 30 heavy (non-hydrogen) atoms. The van der Waals surface area contributed by atoms with Gasteiger partial charge in [-0.15, -0.1) is 0 Å². The van der Waals surface area contributed by atoms with Gasteiger partial charge < -0.3 is 5.32 Å². The molecule has 0 bridgehead atoms. The molecule has 1 amide bonds. The van der Waals surface area contributed by atoms with Crippen molar-refractivity contribution in [1.82, 2.24) is 4.98 Å². The molecule has 4 rings (SSSR count). The van der Waals surface area contributed by atoms with Gasteiger partial charge in [0, 0.05) is 38.0 Å². The van der Waals surface area contributed by atoms with Crippen LogP contribution in [0.4, 0.5) is 5.69 Å². The van der Waals surface area contributed by atoms with E-state index in [0.29, 0.717) is 5.56 Å². The maximum Gasteiger partial charge on any atom is 0.255 e. The Labute approximate surface area is 192 Å². The topological polar surface area (TPSA) is 42.0 Å². The van der Waals surface area contributed by atoms with Gasteiger partial charge in [0.25, 0.3) is 5.91 Å². The van der Waals surface area contributed by atoms with Gasteiger partial charge in [-0.2, -0.15) is 0 Å². The van der Waals surface area contributed by atoms with Crippen molar-refractivity contribution in [2.75, 3.05) is 5.32 Å². The third-order valence-electron chi connectivity index (χ3n) is 5.16. The van der Waals surface area contributed by atoms with E-state index in [1.807, 2.05) is 55.7 Å². The van der Waals surface area contributed by atoms with E-state index in [1.54, 1.807) is 0 Å². The molecule has 0 spiro atoms. The highest BCUT2D eigenvalue weighted by molar-refractivity contribution is 9.11. The zero-order valence-electron chi connectivity index (χ0n) is 16.5. The van der Waals surface area contributed by atoms with Crippen molar-refractivity contribution in [3.63, 3.8) is 0 Å². The van der Waals surface area contributed by atoms with Crippen molar-refractivity contribution in [2.45, 2.75) is 19.8 Å². The van der Waals surface area contributed by atoms with Gasteiger partial charge in [0.15, 0.2) is 0 Å². The number of pyridine rings is 1. The molecule has 0 radical (unpaired) electrons. The first-order chi connectivity index (χ1) is 14.5. The summed E-state index contributed by atoms with van der Waals surface area (Å²) < 4.78 is 1.90. The Morgan fingerprint density at radius 3 is 2.50 bits per heavy atom. The Morgan fingerprint density at radius 2 is 1.70 bits per heavy atom. The lowest BCUT2D eigenvalue weighted by molar-refractivity contribution is 0.102. The fraction of sp³-hybridized carbons (Fsp3) is 0.120. The van der Waals surface area contributed by atoms with Crippen LogP contribution in [0.5, 0.6) is 0 Å². The largest absolute Gasteiger partial charge is 0.322 e. The first-order valence-corrected chi connectivity index (χ1v) is 11.3. The summed E-state index contributed by atoms with van der Waals surface area (Å²) in [6, 6.07) is 19.9. The monoisotopic (exact) mass is 522 g/mol. The smallest absolute Gasteiger partial charge is 0.255 e. The van der Waals surface area contributed by atoms with Crippen molar-refractivity contribution < 1.29 is 4.79 Å². The molecule has 5 heteroatoms. The predicted octanol–water partition coefficient (Wildman–Crippen LogP) is 7.11. The van der Waals surface area contributed by atoms with Crippen LogP contribution >= 0.6 is 31.9 Å². The van der Waals surface area contributed by atoms with E-state index in [4.69, 9.17) is 0 Å². The standard InChI is InChI=1S/C25H20Br2N2O/c1-16-23(26)12-21(13-24(16)27)29-25(30)18-7-4-5-17(11-18)9-10-20-15-28-14-19-6-2-3-8-22(19)20/h2-8,11-15H,9-10H2,1H3,(H,29,30). The highest BCUT2D eigenvalue weighted by Crippen LogP contribution is 2.29. The third-order valence-corrected chi connectivity index (χ3v) is 6.81. The lowest BCUT2D eigenvalue weighted by Gasteiger charge is -2.10. The van der Waals surface area contributed by atoms with Gasteiger partial charge >= 0.3 is 0 Å². The van der Waals surface area contributed by atoms with Crippen molar-refractivity contribution in [3.05, 3.63) is 104 Å². The second kappa shape index (κ2) is 9.11. The molecule has 0 fully saturated rings. The Balaban J connectivity index is 1.49. The summed E-state index contributed by atoms with van der Waals surface area (Å²) in [7, 11) is 0. The van der Waals surface area contributed by atoms with Gasteiger partial charge in [-0.3, -0.25) is 9.78 Å². The number of fused-ring (bicyclic) bond motifs is 1. The average Bonchev–Trinajstić information content (AvgIpc) is 2.76. The summed E-state index contributed by atoms with van der Waals surface area (Å²) >= 11 is 7.06. The van der Waals surface area contributed by atoms with E-state index < -0.39 is 0 Å². The van der Waals surface area contributed by atoms with Gasteiger partial charge in [-0.1, -0.05) is 68.3 Å². The van der Waals surface area contributed by atoms with E-state index in [2.05, 4.69) is 66.4 Å². The molecule has 1 N–H and O–H groups in total. The fourth-order valence-electron chi connectivity index (χ4n) is 3.45. The minimum atomic E-state index is -0.119. The summed E-state index contributed by atoms with van der Waals surface area (Å²) in [5, 5.41) is 5.37. The van der Waals surface area contributed by atoms with Crippen LogP contribution in [0, 0.1) is 6.92 Å². The molecule has 1 heterocycles. The number of anilines is 1. The minimum absolute atomic E-state index is 0.119. The van der Waals surface area contributed by atoms with Crippen LogP contribution in [0.3, 0.4) is 0 Å². The molecule has 0 aliphatic carbocycles. The van der Waals surface area contributed by atoms with Crippen molar-refractivity contribution in [1.29, 1.82) is 0 Å². The molecule has 0 saturated carbocycles. The van der Waals surface area contributed by atoms with Gasteiger partial charge in [0.2, 0.25) is 0 Å². The second-order valence-electron chi connectivity index (χ2n) is 7.24. The Bertz CT molecular complexity index is 1210. The molecule has 3 nitrogen and oxygen atoms in total. The number of aryl methyl sites for hydroxylation is 2. The van der Waals surface area contributed by atoms with Gasteiger partial charge in [0.05, 0.1) is 0 Å². The Hall–Kier alpha value is -2.50. The highest BCUT2D eigenvalue weighted by atomic mass is 79.9. The maximum atomic E-state index is 12.8. The molecule has 1 aromatic heterocycles. The lowest BCUT2D eigenvalue weighted by atomic mass is 10.00. The van der Waals surface area contributed by atoms with Crippen LogP contribution in [-0.2, 0) is 12.8 Å². The van der Waals surface area contributed by atoms with Crippen LogP contribution in [0.15, 0.2) is 82.0 Å². The number of benzene rings is 3. The van der Waals surface area contributed by atoms with E-state index in [0.717, 1.165) is 44.0 Å². The summed E-state index contributed by atoms with van der Waals surface area (Å²) in [5.74, 6) is -0.119. The molecular formula is C25H20Br2N2O. The molecule has 0 saturated heterocycles. The van der Waals surface area contributed by atoms with Crippen molar-refractivity contribution in [3.8, 4) is 0 Å². The highest BCUT2D eigenvalue weighted by Gasteiger charge is 2.10. The zero-order chi connectivity index (χ0) is 21.1. The van der Waals surface area contributed by atoms with Crippen molar-refractivity contribution in [2.24, 2.45) is 0 Å².